The number of ether oxygens (including phenoxy) is 1. The van der Waals surface area contributed by atoms with Gasteiger partial charge in [0.2, 0.25) is 5.78 Å². The van der Waals surface area contributed by atoms with E-state index in [1.54, 1.807) is 44.2 Å². The van der Waals surface area contributed by atoms with E-state index in [1.165, 1.54) is 4.40 Å². The molecular weight excluding hydrogens is 414 g/mol. The number of aromatic nitrogens is 3. The molecule has 0 saturated heterocycles. The summed E-state index contributed by atoms with van der Waals surface area (Å²) in [6, 6.07) is 14.2. The van der Waals surface area contributed by atoms with Gasteiger partial charge >= 0.3 is 5.97 Å². The second-order valence-corrected chi connectivity index (χ2v) is 8.08. The molecule has 31 heavy (non-hydrogen) atoms. The normalized spacial score (nSPS) is 11.4. The zero-order valence-electron chi connectivity index (χ0n) is 16.8. The number of esters is 1. The largest absolute Gasteiger partial charge is 0.462 e. The molecule has 154 valence electrons. The quantitative estimate of drug-likeness (QED) is 0.341. The predicted octanol–water partition coefficient (Wildman–Crippen LogP) is 4.11. The van der Waals surface area contributed by atoms with Crippen LogP contribution in [-0.2, 0) is 4.74 Å². The number of carbonyl (C=O) groups is 2. The van der Waals surface area contributed by atoms with E-state index in [4.69, 9.17) is 4.74 Å². The summed E-state index contributed by atoms with van der Waals surface area (Å²) in [6.07, 6.45) is 0. The van der Waals surface area contributed by atoms with Crippen molar-refractivity contribution in [2.45, 2.75) is 13.8 Å². The highest BCUT2D eigenvalue weighted by molar-refractivity contribution is 7.20. The van der Waals surface area contributed by atoms with Crippen molar-refractivity contribution in [1.29, 1.82) is 0 Å². The van der Waals surface area contributed by atoms with Crippen LogP contribution in [0.2, 0.25) is 0 Å². The van der Waals surface area contributed by atoms with E-state index in [1.807, 2.05) is 18.2 Å². The summed E-state index contributed by atoms with van der Waals surface area (Å²) in [7, 11) is 0. The molecule has 5 rings (SSSR count). The molecule has 0 fully saturated rings. The number of hydrogen-bond donors (Lipinski definition) is 1. The SMILES string of the molecule is CCOC(=O)c1sc2nc3[nH]c4cc(C(=O)c5ccccc5)ccc4n3c(=O)c2c1C. The number of fused-ring (bicyclic) bond motifs is 4. The summed E-state index contributed by atoms with van der Waals surface area (Å²) in [6.45, 7) is 3.72. The van der Waals surface area contributed by atoms with E-state index in [0.29, 0.717) is 48.6 Å². The second kappa shape index (κ2) is 7.17. The highest BCUT2D eigenvalue weighted by Gasteiger charge is 2.22. The Kier molecular flexibility index (Phi) is 4.44. The fraction of sp³-hybridized carbons (Fsp3) is 0.130. The molecule has 0 aliphatic heterocycles. The fourth-order valence-corrected chi connectivity index (χ4v) is 4.80. The third-order valence-electron chi connectivity index (χ3n) is 5.21. The number of nitrogens with one attached hydrogen (secondary N) is 1. The van der Waals surface area contributed by atoms with Crippen molar-refractivity contribution in [3.05, 3.63) is 80.5 Å². The first-order valence-corrected chi connectivity index (χ1v) is 10.6. The molecule has 3 heterocycles. The van der Waals surface area contributed by atoms with Crippen LogP contribution in [0, 0.1) is 6.92 Å². The number of thiophene rings is 1. The van der Waals surface area contributed by atoms with Crippen molar-refractivity contribution in [3.63, 3.8) is 0 Å². The van der Waals surface area contributed by atoms with Crippen LogP contribution in [0.15, 0.2) is 53.3 Å². The lowest BCUT2D eigenvalue weighted by atomic mass is 10.0. The average molecular weight is 431 g/mol. The summed E-state index contributed by atoms with van der Waals surface area (Å²) >= 11 is 1.14. The van der Waals surface area contributed by atoms with Gasteiger partial charge in [0.05, 0.1) is 23.0 Å². The molecule has 8 heteroatoms. The van der Waals surface area contributed by atoms with Crippen molar-refractivity contribution in [1.82, 2.24) is 14.4 Å². The molecule has 0 atom stereocenters. The smallest absolute Gasteiger partial charge is 0.348 e. The maximum absolute atomic E-state index is 13.3. The predicted molar refractivity (Wildman–Crippen MR) is 119 cm³/mol. The van der Waals surface area contributed by atoms with Crippen molar-refractivity contribution in [3.8, 4) is 0 Å². The molecule has 0 spiro atoms. The minimum absolute atomic E-state index is 0.0997. The van der Waals surface area contributed by atoms with Gasteiger partial charge in [0.15, 0.2) is 5.78 Å². The molecule has 0 amide bonds. The Labute approximate surface area is 179 Å². The molecule has 3 aromatic heterocycles. The summed E-state index contributed by atoms with van der Waals surface area (Å²) in [5, 5.41) is 0.399. The van der Waals surface area contributed by atoms with Gasteiger partial charge in [-0.15, -0.1) is 11.3 Å². The molecule has 2 aromatic carbocycles. The summed E-state index contributed by atoms with van der Waals surface area (Å²) in [4.78, 5) is 46.9. The molecule has 0 unspecified atom stereocenters. The molecular formula is C23H17N3O4S. The number of hydrogen-bond acceptors (Lipinski definition) is 6. The Hall–Kier alpha value is -3.78. The second-order valence-electron chi connectivity index (χ2n) is 7.08. The molecule has 0 radical (unpaired) electrons. The molecule has 0 aliphatic rings. The Bertz CT molecular complexity index is 1560. The van der Waals surface area contributed by atoms with Crippen LogP contribution < -0.4 is 5.56 Å². The summed E-state index contributed by atoms with van der Waals surface area (Å²) < 4.78 is 6.57. The van der Waals surface area contributed by atoms with Gasteiger partial charge in [0.1, 0.15) is 9.71 Å². The lowest BCUT2D eigenvalue weighted by Crippen LogP contribution is -2.14. The Morgan fingerprint density at radius 1 is 1.13 bits per heavy atom. The van der Waals surface area contributed by atoms with Gasteiger partial charge in [-0.3, -0.25) is 9.59 Å². The van der Waals surface area contributed by atoms with Gasteiger partial charge in [-0.2, -0.15) is 0 Å². The molecule has 7 nitrogen and oxygen atoms in total. The monoisotopic (exact) mass is 431 g/mol. The number of imidazole rings is 1. The highest BCUT2D eigenvalue weighted by atomic mass is 32.1. The topological polar surface area (TPSA) is 93.5 Å². The Morgan fingerprint density at radius 2 is 1.90 bits per heavy atom. The molecule has 1 N–H and O–H groups in total. The van der Waals surface area contributed by atoms with Gasteiger partial charge in [-0.1, -0.05) is 30.3 Å². The molecule has 0 saturated carbocycles. The fourth-order valence-electron chi connectivity index (χ4n) is 3.73. The minimum Gasteiger partial charge on any atom is -0.462 e. The summed E-state index contributed by atoms with van der Waals surface area (Å²) in [5.74, 6) is -0.198. The molecule has 5 aromatic rings. The molecule has 0 aliphatic carbocycles. The van der Waals surface area contributed by atoms with Crippen LogP contribution in [0.3, 0.4) is 0 Å². The van der Waals surface area contributed by atoms with E-state index < -0.39 is 5.97 Å². The van der Waals surface area contributed by atoms with Gasteiger partial charge in [0.25, 0.3) is 5.56 Å². The number of benzene rings is 2. The third-order valence-corrected chi connectivity index (χ3v) is 6.37. The van der Waals surface area contributed by atoms with Crippen LogP contribution in [0.4, 0.5) is 0 Å². The number of carbonyl (C=O) groups excluding carboxylic acids is 2. The number of aromatic amines is 1. The number of aryl methyl sites for hydroxylation is 1. The minimum atomic E-state index is -0.454. The Balaban J connectivity index is 1.70. The van der Waals surface area contributed by atoms with Crippen LogP contribution >= 0.6 is 11.3 Å². The van der Waals surface area contributed by atoms with Crippen LogP contribution in [-0.4, -0.2) is 32.7 Å². The van der Waals surface area contributed by atoms with E-state index in [-0.39, 0.29) is 17.9 Å². The van der Waals surface area contributed by atoms with Crippen molar-refractivity contribution in [2.24, 2.45) is 0 Å². The van der Waals surface area contributed by atoms with Crippen LogP contribution in [0.1, 0.15) is 38.1 Å². The lowest BCUT2D eigenvalue weighted by Gasteiger charge is -2.01. The molecule has 0 bridgehead atoms. The maximum atomic E-state index is 13.3. The average Bonchev–Trinajstić information content (AvgIpc) is 3.31. The lowest BCUT2D eigenvalue weighted by molar-refractivity contribution is 0.0531. The van der Waals surface area contributed by atoms with Crippen LogP contribution in [0.5, 0.6) is 0 Å². The van der Waals surface area contributed by atoms with Crippen molar-refractivity contribution < 1.29 is 14.3 Å². The number of rotatable bonds is 4. The number of H-pyrrole nitrogens is 1. The maximum Gasteiger partial charge on any atom is 0.348 e. The zero-order chi connectivity index (χ0) is 21.7. The van der Waals surface area contributed by atoms with Gasteiger partial charge in [-0.25, -0.2) is 14.2 Å². The van der Waals surface area contributed by atoms with Gasteiger partial charge in [-0.05, 0) is 37.6 Å². The first-order chi connectivity index (χ1) is 15.0. The standard InChI is InChI=1S/C23H17N3O4S/c1-3-30-22(29)19-12(2)17-20(31-19)25-23-24-15-11-14(9-10-16(15)26(23)21(17)28)18(27)13-7-5-4-6-8-13/h4-11H,3H2,1-2H3,(H,24,25). The van der Waals surface area contributed by atoms with Crippen molar-refractivity contribution in [2.75, 3.05) is 6.61 Å². The summed E-state index contributed by atoms with van der Waals surface area (Å²) in [5.41, 5.74) is 2.65. The van der Waals surface area contributed by atoms with E-state index in [9.17, 15) is 14.4 Å². The first-order valence-electron chi connectivity index (χ1n) is 9.74. The Morgan fingerprint density at radius 3 is 2.65 bits per heavy atom. The van der Waals surface area contributed by atoms with Crippen LogP contribution in [0.25, 0.3) is 27.0 Å². The number of nitrogens with zero attached hydrogens (tertiary/aromatic N) is 2. The first kappa shape index (κ1) is 19.2. The highest BCUT2D eigenvalue weighted by Crippen LogP contribution is 2.29. The zero-order valence-corrected chi connectivity index (χ0v) is 17.6. The number of ketones is 1. The van der Waals surface area contributed by atoms with E-state index in [2.05, 4.69) is 9.97 Å². The van der Waals surface area contributed by atoms with Crippen molar-refractivity contribution >= 4 is 50.1 Å². The third kappa shape index (κ3) is 2.95. The van der Waals surface area contributed by atoms with E-state index in [0.717, 1.165) is 11.3 Å². The van der Waals surface area contributed by atoms with E-state index >= 15 is 0 Å². The van der Waals surface area contributed by atoms with Gasteiger partial charge < -0.3 is 9.72 Å². The van der Waals surface area contributed by atoms with Gasteiger partial charge in [0, 0.05) is 11.1 Å².